The van der Waals surface area contributed by atoms with E-state index in [1.54, 1.807) is 12.1 Å². The third kappa shape index (κ3) is 4.68. The number of hydrogen-bond donors (Lipinski definition) is 2. The van der Waals surface area contributed by atoms with Crippen LogP contribution in [-0.4, -0.2) is 22.9 Å². The quantitative estimate of drug-likeness (QED) is 0.0671. The van der Waals surface area contributed by atoms with Gasteiger partial charge in [0.1, 0.15) is 0 Å². The van der Waals surface area contributed by atoms with E-state index in [1.807, 2.05) is 37.3 Å². The minimum atomic E-state index is -2.40. The van der Waals surface area contributed by atoms with Crippen molar-refractivity contribution in [3.8, 4) is 22.8 Å². The molecule has 212 valence electrons. The summed E-state index contributed by atoms with van der Waals surface area (Å²) in [4.78, 5) is 14.3. The molecule has 1 aromatic heterocycles. The number of halogens is 7. The van der Waals surface area contributed by atoms with Gasteiger partial charge in [0.05, 0.1) is 22.9 Å². The number of nitrogens with one attached hydrogen (secondary N) is 1. The summed E-state index contributed by atoms with van der Waals surface area (Å²) in [6.07, 6.45) is -1.65. The summed E-state index contributed by atoms with van der Waals surface area (Å²) in [6.45, 7) is 1.37. The predicted octanol–water partition coefficient (Wildman–Crippen LogP) is 8.34. The lowest BCUT2D eigenvalue weighted by atomic mass is 9.97. The number of H-pyrrole nitrogens is 1. The molecule has 0 fully saturated rings. The zero-order valence-corrected chi connectivity index (χ0v) is 21.0. The van der Waals surface area contributed by atoms with E-state index < -0.39 is 70.0 Å². The lowest BCUT2D eigenvalue weighted by Crippen LogP contribution is -2.09. The molecular formula is C29H18F7NO4. The van der Waals surface area contributed by atoms with Crippen molar-refractivity contribution in [1.29, 1.82) is 0 Å². The summed E-state index contributed by atoms with van der Waals surface area (Å²) in [5.74, 6) is -17.2. The van der Waals surface area contributed by atoms with Crippen LogP contribution in [0.4, 0.5) is 35.5 Å². The van der Waals surface area contributed by atoms with Gasteiger partial charge >= 0.3 is 6.16 Å². The molecule has 2 N–H and O–H groups in total. The molecular weight excluding hydrogens is 559 g/mol. The Hall–Kier alpha value is -4.74. The molecule has 12 heteroatoms. The molecule has 0 aliphatic heterocycles. The Balaban J connectivity index is 1.49. The number of carboxylic acid groups (broad SMARTS) is 1. The maximum absolute atomic E-state index is 14.6. The van der Waals surface area contributed by atoms with Crippen molar-refractivity contribution in [3.05, 3.63) is 94.3 Å². The summed E-state index contributed by atoms with van der Waals surface area (Å²) in [5, 5.41) is 6.73. The summed E-state index contributed by atoms with van der Waals surface area (Å²) in [6, 6.07) is 12.8. The number of aromatic nitrogens is 1. The second-order valence-corrected chi connectivity index (χ2v) is 9.07. The van der Waals surface area contributed by atoms with Gasteiger partial charge in [0, 0.05) is 16.5 Å². The third-order valence-electron chi connectivity index (χ3n) is 6.64. The molecule has 0 radical (unpaired) electrons. The van der Waals surface area contributed by atoms with Crippen LogP contribution in [-0.2, 0) is 6.42 Å². The molecule has 5 nitrogen and oxygen atoms in total. The Bertz CT molecular complexity index is 1840. The lowest BCUT2D eigenvalue weighted by Gasteiger charge is -2.14. The van der Waals surface area contributed by atoms with Crippen molar-refractivity contribution in [3.63, 3.8) is 0 Å². The van der Waals surface area contributed by atoms with E-state index in [4.69, 9.17) is 9.47 Å². The van der Waals surface area contributed by atoms with Crippen LogP contribution in [0.1, 0.15) is 17.5 Å². The van der Waals surface area contributed by atoms with Crippen LogP contribution in [0.25, 0.3) is 32.8 Å². The second-order valence-electron chi connectivity index (χ2n) is 9.07. The number of rotatable bonds is 7. The molecule has 0 aliphatic rings. The maximum Gasteiger partial charge on any atom is 0.512 e. The van der Waals surface area contributed by atoms with Crippen LogP contribution < -0.4 is 9.47 Å². The van der Waals surface area contributed by atoms with E-state index in [-0.39, 0.29) is 18.7 Å². The molecule has 0 amide bonds. The van der Waals surface area contributed by atoms with Crippen LogP contribution in [0, 0.1) is 47.6 Å². The predicted molar refractivity (Wildman–Crippen MR) is 135 cm³/mol. The van der Waals surface area contributed by atoms with Crippen molar-refractivity contribution in [1.82, 2.24) is 4.98 Å². The van der Waals surface area contributed by atoms with Crippen LogP contribution in [0.2, 0.25) is 0 Å². The molecule has 0 aliphatic carbocycles. The molecule has 5 aromatic rings. The molecule has 4 aromatic carbocycles. The van der Waals surface area contributed by atoms with Gasteiger partial charge in [-0.2, -0.15) is 4.39 Å². The first-order valence-electron chi connectivity index (χ1n) is 12.1. The fourth-order valence-electron chi connectivity index (χ4n) is 4.80. The molecule has 0 unspecified atom stereocenters. The first-order valence-corrected chi connectivity index (χ1v) is 12.1. The van der Waals surface area contributed by atoms with Crippen molar-refractivity contribution >= 4 is 27.8 Å². The lowest BCUT2D eigenvalue weighted by molar-refractivity contribution is 0.142. The zero-order valence-electron chi connectivity index (χ0n) is 21.0. The number of aryl methyl sites for hydroxylation is 2. The van der Waals surface area contributed by atoms with E-state index in [0.29, 0.717) is 16.5 Å². The van der Waals surface area contributed by atoms with Crippen molar-refractivity contribution in [2.45, 2.75) is 19.8 Å². The molecule has 0 saturated carbocycles. The highest BCUT2D eigenvalue weighted by molar-refractivity contribution is 5.98. The zero-order chi connectivity index (χ0) is 29.6. The van der Waals surface area contributed by atoms with Gasteiger partial charge in [-0.3, -0.25) is 0 Å². The van der Waals surface area contributed by atoms with Gasteiger partial charge in [0.2, 0.25) is 11.7 Å². The monoisotopic (exact) mass is 577 g/mol. The molecule has 5 rings (SSSR count). The number of carbonyl (C=O) groups is 1. The highest BCUT2D eigenvalue weighted by Crippen LogP contribution is 2.40. The Kier molecular flexibility index (Phi) is 7.24. The number of aromatic amines is 1. The van der Waals surface area contributed by atoms with Gasteiger partial charge in [-0.05, 0) is 30.9 Å². The topological polar surface area (TPSA) is 71.6 Å². The van der Waals surface area contributed by atoms with E-state index >= 15 is 0 Å². The number of ether oxygens (including phenoxy) is 2. The van der Waals surface area contributed by atoms with E-state index in [2.05, 4.69) is 4.98 Å². The standard InChI is InChI=1S/C29H18F7NO4/c1-12-6-2-3-7-13(12)14-8-4-9-15-16(28(37-26(14)15)41-29(38)39)10-5-11-40-27-18-17(20(31)24(35)25(27)36)19(30)22(33)23(34)21(18)32/h2-4,6-9,37H,5,10-11H2,1H3,(H,38,39). The summed E-state index contributed by atoms with van der Waals surface area (Å²) in [5.41, 5.74) is 3.50. The average molecular weight is 577 g/mol. The van der Waals surface area contributed by atoms with Gasteiger partial charge in [0.25, 0.3) is 0 Å². The Labute approximate surface area is 226 Å². The smallest absolute Gasteiger partial charge is 0.490 e. The molecule has 0 spiro atoms. The van der Waals surface area contributed by atoms with Crippen molar-refractivity contribution < 1.29 is 50.1 Å². The highest BCUT2D eigenvalue weighted by atomic mass is 19.2. The van der Waals surface area contributed by atoms with Crippen molar-refractivity contribution in [2.24, 2.45) is 0 Å². The normalized spacial score (nSPS) is 11.4. The first-order chi connectivity index (χ1) is 19.5. The van der Waals surface area contributed by atoms with Crippen LogP contribution in [0.3, 0.4) is 0 Å². The minimum Gasteiger partial charge on any atom is -0.490 e. The summed E-state index contributed by atoms with van der Waals surface area (Å²) in [7, 11) is 0. The minimum absolute atomic E-state index is 0.0168. The average Bonchev–Trinajstić information content (AvgIpc) is 3.29. The van der Waals surface area contributed by atoms with Crippen molar-refractivity contribution in [2.75, 3.05) is 6.61 Å². The van der Waals surface area contributed by atoms with Gasteiger partial charge in [-0.15, -0.1) is 0 Å². The van der Waals surface area contributed by atoms with Gasteiger partial charge in [-0.25, -0.2) is 31.1 Å². The fourth-order valence-corrected chi connectivity index (χ4v) is 4.80. The van der Waals surface area contributed by atoms with Gasteiger partial charge < -0.3 is 19.6 Å². The summed E-state index contributed by atoms with van der Waals surface area (Å²) >= 11 is 0. The Morgan fingerprint density at radius 1 is 0.780 bits per heavy atom. The van der Waals surface area contributed by atoms with Crippen LogP contribution in [0.15, 0.2) is 42.5 Å². The van der Waals surface area contributed by atoms with Gasteiger partial charge in [-0.1, -0.05) is 42.5 Å². The number of para-hydroxylation sites is 1. The summed E-state index contributed by atoms with van der Waals surface area (Å²) < 4.78 is 109. The molecule has 41 heavy (non-hydrogen) atoms. The van der Waals surface area contributed by atoms with E-state index in [0.717, 1.165) is 16.7 Å². The van der Waals surface area contributed by atoms with Crippen LogP contribution in [0.5, 0.6) is 11.6 Å². The highest BCUT2D eigenvalue weighted by Gasteiger charge is 2.31. The number of benzene rings is 4. The molecule has 0 saturated heterocycles. The SMILES string of the molecule is Cc1ccccc1-c1cccc2c(CCCOc3c(F)c(F)c(F)c4c(F)c(F)c(F)c(F)c34)c(OC(=O)O)[nH]c12. The third-order valence-corrected chi connectivity index (χ3v) is 6.64. The Morgan fingerprint density at radius 2 is 1.39 bits per heavy atom. The fraction of sp³-hybridized carbons (Fsp3) is 0.138. The second kappa shape index (κ2) is 10.7. The Morgan fingerprint density at radius 3 is 2.05 bits per heavy atom. The van der Waals surface area contributed by atoms with Crippen LogP contribution >= 0.6 is 0 Å². The van der Waals surface area contributed by atoms with E-state index in [1.165, 1.54) is 0 Å². The molecule has 0 atom stereocenters. The maximum atomic E-state index is 14.6. The van der Waals surface area contributed by atoms with Gasteiger partial charge in [0.15, 0.2) is 40.7 Å². The molecule has 1 heterocycles. The largest absolute Gasteiger partial charge is 0.512 e. The van der Waals surface area contributed by atoms with E-state index in [9.17, 15) is 40.6 Å². The first kappa shape index (κ1) is 27.8. The molecule has 0 bridgehead atoms. The number of fused-ring (bicyclic) bond motifs is 2. The number of hydrogen-bond acceptors (Lipinski definition) is 3.